The smallest absolute Gasteiger partial charge is 0.0887 e. The lowest BCUT2D eigenvalue weighted by atomic mass is 9.84. The normalized spacial score (nSPS) is 12.1. The Morgan fingerprint density at radius 3 is 2.62 bits per heavy atom. The molecule has 92 valence electrons. The summed E-state index contributed by atoms with van der Waals surface area (Å²) in [4.78, 5) is 1.37. The molecular weight excluding hydrogens is 306 g/mol. The van der Waals surface area contributed by atoms with Crippen molar-refractivity contribution in [2.75, 3.05) is 13.6 Å². The maximum atomic E-state index is 6.02. The number of rotatable bonds is 6. The third-order valence-corrected chi connectivity index (χ3v) is 5.33. The molecule has 0 spiro atoms. The van der Waals surface area contributed by atoms with Crippen molar-refractivity contribution in [3.8, 4) is 0 Å². The van der Waals surface area contributed by atoms with E-state index in [0.29, 0.717) is 5.41 Å². The molecule has 16 heavy (non-hydrogen) atoms. The van der Waals surface area contributed by atoms with Crippen molar-refractivity contribution in [3.63, 3.8) is 0 Å². The Kier molecular flexibility index (Phi) is 5.78. The summed E-state index contributed by atoms with van der Waals surface area (Å²) in [5.41, 5.74) is 0.395. The van der Waals surface area contributed by atoms with E-state index >= 15 is 0 Å². The summed E-state index contributed by atoms with van der Waals surface area (Å²) in [5.74, 6) is 0. The minimum Gasteiger partial charge on any atom is -0.320 e. The Bertz CT molecular complexity index is 316. The van der Waals surface area contributed by atoms with Crippen molar-refractivity contribution < 1.29 is 0 Å². The predicted octanol–water partition coefficient (Wildman–Crippen LogP) is 4.73. The van der Waals surface area contributed by atoms with Crippen molar-refractivity contribution >= 4 is 38.9 Å². The fraction of sp³-hybridized carbons (Fsp3) is 0.667. The third kappa shape index (κ3) is 4.74. The van der Waals surface area contributed by atoms with Crippen molar-refractivity contribution in [2.45, 2.75) is 33.1 Å². The van der Waals surface area contributed by atoms with E-state index in [0.717, 1.165) is 21.8 Å². The summed E-state index contributed by atoms with van der Waals surface area (Å²) < 4.78 is 1.05. The number of thiophene rings is 1. The van der Waals surface area contributed by atoms with E-state index in [1.807, 2.05) is 7.05 Å². The summed E-state index contributed by atoms with van der Waals surface area (Å²) >= 11 is 11.2. The molecule has 1 rings (SSSR count). The van der Waals surface area contributed by atoms with Gasteiger partial charge in [0.1, 0.15) is 0 Å². The monoisotopic (exact) mass is 323 g/mol. The lowest BCUT2D eigenvalue weighted by Crippen LogP contribution is -2.20. The van der Waals surface area contributed by atoms with Gasteiger partial charge in [0.15, 0.2) is 0 Å². The van der Waals surface area contributed by atoms with E-state index in [2.05, 4.69) is 41.2 Å². The predicted molar refractivity (Wildman–Crippen MR) is 77.7 cm³/mol. The van der Waals surface area contributed by atoms with Gasteiger partial charge in [0.25, 0.3) is 0 Å². The first-order valence-electron chi connectivity index (χ1n) is 5.53. The number of halogens is 2. The van der Waals surface area contributed by atoms with Crippen LogP contribution in [0.2, 0.25) is 5.02 Å². The number of hydrogen-bond donors (Lipinski definition) is 1. The molecule has 0 saturated carbocycles. The van der Waals surface area contributed by atoms with Crippen LogP contribution < -0.4 is 5.32 Å². The standard InChI is InChI=1S/C12H19BrClNS/c1-12(2,6-7-15-3)5-4-9-8-10(14)11(13)16-9/h8,15H,4-7H2,1-3H3. The Hall–Kier alpha value is 0.430. The molecule has 0 aliphatic carbocycles. The van der Waals surface area contributed by atoms with Crippen LogP contribution in [0.1, 0.15) is 31.6 Å². The molecule has 1 heterocycles. The number of nitrogens with one attached hydrogen (secondary N) is 1. The second-order valence-corrected chi connectivity index (χ2v) is 7.71. The summed E-state index contributed by atoms with van der Waals surface area (Å²) in [6, 6.07) is 2.07. The first kappa shape index (κ1) is 14.5. The first-order chi connectivity index (χ1) is 7.44. The molecule has 0 unspecified atom stereocenters. The summed E-state index contributed by atoms with van der Waals surface area (Å²) in [7, 11) is 2.01. The average molecular weight is 325 g/mol. The zero-order valence-electron chi connectivity index (χ0n) is 10.1. The van der Waals surface area contributed by atoms with Crippen molar-refractivity contribution in [1.82, 2.24) is 5.32 Å². The number of aryl methyl sites for hydroxylation is 1. The molecule has 1 nitrogen and oxygen atoms in total. The summed E-state index contributed by atoms with van der Waals surface area (Å²) in [6.45, 7) is 5.74. The van der Waals surface area contributed by atoms with Crippen molar-refractivity contribution in [1.29, 1.82) is 0 Å². The molecule has 1 aromatic rings. The van der Waals surface area contributed by atoms with Crippen LogP contribution in [0.3, 0.4) is 0 Å². The Morgan fingerprint density at radius 1 is 1.44 bits per heavy atom. The van der Waals surface area contributed by atoms with Gasteiger partial charge in [-0.2, -0.15) is 0 Å². The molecule has 0 atom stereocenters. The van der Waals surface area contributed by atoms with E-state index in [-0.39, 0.29) is 0 Å². The van der Waals surface area contributed by atoms with Gasteiger partial charge in [-0.25, -0.2) is 0 Å². The highest BCUT2D eigenvalue weighted by molar-refractivity contribution is 9.11. The molecule has 0 amide bonds. The topological polar surface area (TPSA) is 12.0 Å². The highest BCUT2D eigenvalue weighted by Gasteiger charge is 2.17. The Balaban J connectivity index is 2.44. The highest BCUT2D eigenvalue weighted by Crippen LogP contribution is 2.35. The molecule has 0 fully saturated rings. The van der Waals surface area contributed by atoms with E-state index in [9.17, 15) is 0 Å². The van der Waals surface area contributed by atoms with Crippen molar-refractivity contribution in [3.05, 3.63) is 19.8 Å². The maximum Gasteiger partial charge on any atom is 0.0887 e. The highest BCUT2D eigenvalue weighted by atomic mass is 79.9. The van der Waals surface area contributed by atoms with Gasteiger partial charge in [0.2, 0.25) is 0 Å². The lowest BCUT2D eigenvalue weighted by Gasteiger charge is -2.24. The van der Waals surface area contributed by atoms with Gasteiger partial charge in [-0.3, -0.25) is 0 Å². The van der Waals surface area contributed by atoms with Gasteiger partial charge in [-0.15, -0.1) is 11.3 Å². The molecular formula is C12H19BrClNS. The molecule has 1 aromatic heterocycles. The van der Waals surface area contributed by atoms with E-state index < -0.39 is 0 Å². The third-order valence-electron chi connectivity index (χ3n) is 2.80. The van der Waals surface area contributed by atoms with Crippen LogP contribution in [0.4, 0.5) is 0 Å². The van der Waals surface area contributed by atoms with Gasteiger partial charge in [0.05, 0.1) is 8.81 Å². The Labute approximate surface area is 116 Å². The second kappa shape index (κ2) is 6.39. The van der Waals surface area contributed by atoms with E-state index in [1.54, 1.807) is 11.3 Å². The molecule has 0 aliphatic heterocycles. The average Bonchev–Trinajstić information content (AvgIpc) is 2.53. The first-order valence-corrected chi connectivity index (χ1v) is 7.52. The SMILES string of the molecule is CNCCC(C)(C)CCc1cc(Cl)c(Br)s1. The van der Waals surface area contributed by atoms with Gasteiger partial charge in [-0.1, -0.05) is 25.4 Å². The van der Waals surface area contributed by atoms with Crippen LogP contribution in [0.25, 0.3) is 0 Å². The molecule has 1 N–H and O–H groups in total. The minimum atomic E-state index is 0.395. The fourth-order valence-electron chi connectivity index (χ4n) is 1.56. The minimum absolute atomic E-state index is 0.395. The molecule has 4 heteroatoms. The van der Waals surface area contributed by atoms with E-state index in [1.165, 1.54) is 17.7 Å². The quantitative estimate of drug-likeness (QED) is 0.797. The molecule has 0 radical (unpaired) electrons. The molecule has 0 bridgehead atoms. The molecule has 0 saturated heterocycles. The largest absolute Gasteiger partial charge is 0.320 e. The lowest BCUT2D eigenvalue weighted by molar-refractivity contribution is 0.306. The number of hydrogen-bond acceptors (Lipinski definition) is 2. The molecule has 0 aromatic carbocycles. The van der Waals surface area contributed by atoms with Gasteiger partial charge >= 0.3 is 0 Å². The summed E-state index contributed by atoms with van der Waals surface area (Å²) in [5, 5.41) is 4.05. The van der Waals surface area contributed by atoms with Crippen molar-refractivity contribution in [2.24, 2.45) is 5.41 Å². The van der Waals surface area contributed by atoms with Crippen LogP contribution in [0, 0.1) is 5.41 Å². The van der Waals surface area contributed by atoms with Gasteiger partial charge in [-0.05, 0) is 60.3 Å². The van der Waals surface area contributed by atoms with Crippen LogP contribution in [-0.4, -0.2) is 13.6 Å². The zero-order valence-corrected chi connectivity index (χ0v) is 13.2. The van der Waals surface area contributed by atoms with Crippen LogP contribution >= 0.6 is 38.9 Å². The molecule has 0 aliphatic rings. The van der Waals surface area contributed by atoms with Crippen LogP contribution in [0.5, 0.6) is 0 Å². The second-order valence-electron chi connectivity index (χ2n) is 4.85. The van der Waals surface area contributed by atoms with Crippen LogP contribution in [0.15, 0.2) is 9.85 Å². The van der Waals surface area contributed by atoms with E-state index in [4.69, 9.17) is 11.6 Å². The van der Waals surface area contributed by atoms with Crippen LogP contribution in [-0.2, 0) is 6.42 Å². The Morgan fingerprint density at radius 2 is 2.12 bits per heavy atom. The maximum absolute atomic E-state index is 6.02. The van der Waals surface area contributed by atoms with Gasteiger partial charge < -0.3 is 5.32 Å². The van der Waals surface area contributed by atoms with Gasteiger partial charge in [0, 0.05) is 4.88 Å². The summed E-state index contributed by atoms with van der Waals surface area (Å²) in [6.07, 6.45) is 3.54. The zero-order chi connectivity index (χ0) is 12.2. The fourth-order valence-corrected chi connectivity index (χ4v) is 3.38.